The van der Waals surface area contributed by atoms with Gasteiger partial charge in [0.05, 0.1) is 21.1 Å². The third-order valence-corrected chi connectivity index (χ3v) is 7.22. The Hall–Kier alpha value is -0.360. The Morgan fingerprint density at radius 3 is 2.21 bits per heavy atom. The van der Waals surface area contributed by atoms with Gasteiger partial charge in [0.25, 0.3) is 0 Å². The standard InChI is InChI=1S/C8H14O4S2/c1-5(6(9)10)13-14(4)8(2,3)7(11)12/h5H,1-4H3,(H-,9,10,11,12). The van der Waals surface area contributed by atoms with Gasteiger partial charge in [-0.25, -0.2) is 4.79 Å². The molecule has 0 rings (SSSR count). The molecule has 0 aliphatic carbocycles. The molecule has 1 N–H and O–H groups in total. The highest BCUT2D eigenvalue weighted by atomic mass is 33.1. The molecular weight excluding hydrogens is 224 g/mol. The summed E-state index contributed by atoms with van der Waals surface area (Å²) in [4.78, 5) is 21.3. The minimum atomic E-state index is -1.16. The number of hydrogen-bond acceptors (Lipinski definition) is 4. The van der Waals surface area contributed by atoms with Crippen LogP contribution in [0, 0.1) is 0 Å². The summed E-state index contributed by atoms with van der Waals surface area (Å²) in [7, 11) is 0.563. The molecule has 0 saturated heterocycles. The zero-order chi connectivity index (χ0) is 11.5. The van der Waals surface area contributed by atoms with Crippen LogP contribution in [0.1, 0.15) is 20.8 Å². The fourth-order valence-corrected chi connectivity index (χ4v) is 3.97. The van der Waals surface area contributed by atoms with Crippen molar-refractivity contribution in [1.82, 2.24) is 0 Å². The van der Waals surface area contributed by atoms with E-state index >= 15 is 0 Å². The molecule has 2 atom stereocenters. The summed E-state index contributed by atoms with van der Waals surface area (Å²) in [5.74, 6) is -2.07. The summed E-state index contributed by atoms with van der Waals surface area (Å²) in [5, 5.41) is 18.7. The number of rotatable bonds is 5. The third-order valence-electron chi connectivity index (χ3n) is 1.85. The van der Waals surface area contributed by atoms with Gasteiger partial charge in [-0.1, -0.05) is 0 Å². The van der Waals surface area contributed by atoms with E-state index in [1.807, 2.05) is 0 Å². The van der Waals surface area contributed by atoms with Gasteiger partial charge in [0.1, 0.15) is 17.0 Å². The van der Waals surface area contributed by atoms with Crippen LogP contribution in [0.15, 0.2) is 0 Å². The molecule has 0 spiro atoms. The number of carboxylic acids is 2. The lowest BCUT2D eigenvalue weighted by atomic mass is 10.2. The molecule has 0 bridgehead atoms. The third kappa shape index (κ3) is 3.42. The van der Waals surface area contributed by atoms with E-state index in [2.05, 4.69) is 0 Å². The Labute approximate surface area is 89.8 Å². The van der Waals surface area contributed by atoms with Gasteiger partial charge < -0.3 is 15.0 Å². The minimum Gasteiger partial charge on any atom is -0.549 e. The molecule has 0 aliphatic rings. The zero-order valence-corrected chi connectivity index (χ0v) is 10.2. The number of carboxylic acid groups (broad SMARTS) is 2. The molecule has 0 aromatic heterocycles. The minimum absolute atomic E-state index is 0.565. The summed E-state index contributed by atoms with van der Waals surface area (Å²) in [5.41, 5.74) is 0. The van der Waals surface area contributed by atoms with Crippen molar-refractivity contribution >= 4 is 32.7 Å². The van der Waals surface area contributed by atoms with Gasteiger partial charge in [0.2, 0.25) is 4.75 Å². The Bertz CT molecular complexity index is 239. The molecule has 0 fully saturated rings. The average Bonchev–Trinajstić information content (AvgIpc) is 2.03. The molecular formula is C8H14O4S2. The van der Waals surface area contributed by atoms with E-state index < -0.39 is 31.9 Å². The first-order chi connectivity index (χ1) is 6.19. The summed E-state index contributed by atoms with van der Waals surface area (Å²) < 4.78 is -0.908. The second-order valence-corrected chi connectivity index (χ2v) is 8.23. The Morgan fingerprint density at radius 2 is 1.93 bits per heavy atom. The molecule has 2 unspecified atom stereocenters. The summed E-state index contributed by atoms with van der Waals surface area (Å²) in [6.45, 7) is 4.68. The molecule has 4 nitrogen and oxygen atoms in total. The fourth-order valence-electron chi connectivity index (χ4n) is 0.499. The van der Waals surface area contributed by atoms with Gasteiger partial charge in [-0.15, -0.1) is 0 Å². The van der Waals surface area contributed by atoms with Crippen molar-refractivity contribution in [3.05, 3.63) is 0 Å². The van der Waals surface area contributed by atoms with Gasteiger partial charge in [-0.3, -0.25) is 0 Å². The van der Waals surface area contributed by atoms with Gasteiger partial charge in [0.15, 0.2) is 0 Å². The van der Waals surface area contributed by atoms with Crippen LogP contribution in [0.3, 0.4) is 0 Å². The summed E-state index contributed by atoms with van der Waals surface area (Å²) in [6.07, 6.45) is 1.73. The largest absolute Gasteiger partial charge is 0.549 e. The number of aliphatic carboxylic acids is 2. The van der Waals surface area contributed by atoms with Crippen molar-refractivity contribution in [2.45, 2.75) is 30.8 Å². The van der Waals surface area contributed by atoms with Crippen LogP contribution in [0.4, 0.5) is 0 Å². The highest BCUT2D eigenvalue weighted by Gasteiger charge is 2.45. The van der Waals surface area contributed by atoms with Crippen LogP contribution in [0.5, 0.6) is 0 Å². The normalized spacial score (nSPS) is 16.0. The molecule has 82 valence electrons. The van der Waals surface area contributed by atoms with Crippen LogP contribution in [-0.4, -0.2) is 33.3 Å². The Balaban J connectivity index is 4.41. The van der Waals surface area contributed by atoms with Crippen molar-refractivity contribution in [1.29, 1.82) is 0 Å². The van der Waals surface area contributed by atoms with Crippen molar-refractivity contribution in [3.63, 3.8) is 0 Å². The summed E-state index contributed by atoms with van der Waals surface area (Å²) >= 11 is 0. The highest BCUT2D eigenvalue weighted by molar-refractivity contribution is 8.75. The SMILES string of the molecule is CC(S[S+](C)C(C)(C)C(=O)O)C(=O)[O-]. The van der Waals surface area contributed by atoms with E-state index in [-0.39, 0.29) is 0 Å². The first-order valence-corrected chi connectivity index (χ1v) is 7.00. The van der Waals surface area contributed by atoms with Crippen molar-refractivity contribution in [3.8, 4) is 0 Å². The van der Waals surface area contributed by atoms with Gasteiger partial charge in [-0.2, -0.15) is 0 Å². The number of hydrogen-bond donors (Lipinski definition) is 1. The molecule has 0 amide bonds. The van der Waals surface area contributed by atoms with E-state index in [9.17, 15) is 14.7 Å². The van der Waals surface area contributed by atoms with E-state index in [0.29, 0.717) is 0 Å². The lowest BCUT2D eigenvalue weighted by Gasteiger charge is -2.19. The van der Waals surface area contributed by atoms with Crippen LogP contribution >= 0.6 is 10.8 Å². The van der Waals surface area contributed by atoms with Crippen LogP contribution in [-0.2, 0) is 19.5 Å². The number of carbonyl (C=O) groups excluding carboxylic acids is 1. The monoisotopic (exact) mass is 238 g/mol. The molecule has 0 radical (unpaired) electrons. The first-order valence-electron chi connectivity index (χ1n) is 3.97. The first kappa shape index (κ1) is 13.6. The smallest absolute Gasteiger partial charge is 0.360 e. The van der Waals surface area contributed by atoms with Crippen molar-refractivity contribution in [2.75, 3.05) is 6.26 Å². The molecule has 14 heavy (non-hydrogen) atoms. The molecule has 0 aromatic carbocycles. The van der Waals surface area contributed by atoms with E-state index in [1.165, 1.54) is 6.92 Å². The fraction of sp³-hybridized carbons (Fsp3) is 0.750. The molecule has 0 saturated carbocycles. The van der Waals surface area contributed by atoms with E-state index in [0.717, 1.165) is 10.8 Å². The second kappa shape index (κ2) is 4.93. The Kier molecular flexibility index (Phi) is 4.80. The average molecular weight is 238 g/mol. The Morgan fingerprint density at radius 1 is 1.50 bits per heavy atom. The van der Waals surface area contributed by atoms with Crippen molar-refractivity contribution in [2.24, 2.45) is 0 Å². The molecule has 6 heteroatoms. The maximum Gasteiger partial charge on any atom is 0.360 e. The van der Waals surface area contributed by atoms with Crippen molar-refractivity contribution < 1.29 is 19.8 Å². The van der Waals surface area contributed by atoms with Gasteiger partial charge >= 0.3 is 5.97 Å². The molecule has 0 aromatic rings. The topological polar surface area (TPSA) is 77.4 Å². The van der Waals surface area contributed by atoms with E-state index in [1.54, 1.807) is 20.1 Å². The quantitative estimate of drug-likeness (QED) is 0.534. The van der Waals surface area contributed by atoms with Crippen LogP contribution < -0.4 is 5.11 Å². The maximum atomic E-state index is 10.8. The van der Waals surface area contributed by atoms with Gasteiger partial charge in [0, 0.05) is 0 Å². The molecule has 0 aliphatic heterocycles. The highest BCUT2D eigenvalue weighted by Crippen LogP contribution is 2.31. The molecule has 0 heterocycles. The second-order valence-electron chi connectivity index (χ2n) is 3.33. The predicted molar refractivity (Wildman–Crippen MR) is 57.1 cm³/mol. The lowest BCUT2D eigenvalue weighted by molar-refractivity contribution is -0.304. The lowest BCUT2D eigenvalue weighted by Crippen LogP contribution is -2.40. The van der Waals surface area contributed by atoms with E-state index in [4.69, 9.17) is 5.11 Å². The maximum absolute atomic E-state index is 10.8. The van der Waals surface area contributed by atoms with Crippen LogP contribution in [0.25, 0.3) is 0 Å². The number of carbonyl (C=O) groups is 2. The zero-order valence-electron chi connectivity index (χ0n) is 8.57. The van der Waals surface area contributed by atoms with Crippen LogP contribution in [0.2, 0.25) is 0 Å². The predicted octanol–water partition coefficient (Wildman–Crippen LogP) is -0.116. The summed E-state index contributed by atoms with van der Waals surface area (Å²) in [6, 6.07) is 0. The van der Waals surface area contributed by atoms with Gasteiger partial charge in [-0.05, 0) is 20.8 Å².